The lowest BCUT2D eigenvalue weighted by Gasteiger charge is -2.18. The van der Waals surface area contributed by atoms with Gasteiger partial charge in [-0.05, 0) is 66.4 Å². The minimum absolute atomic E-state index is 0.0000910. The van der Waals surface area contributed by atoms with Gasteiger partial charge in [0.1, 0.15) is 23.9 Å². The highest BCUT2D eigenvalue weighted by atomic mass is 32.2. The second-order valence-electron chi connectivity index (χ2n) is 8.25. The smallest absolute Gasteiger partial charge is 0.257 e. The minimum Gasteiger partial charge on any atom is -0.496 e. The predicted molar refractivity (Wildman–Crippen MR) is 129 cm³/mol. The lowest BCUT2D eigenvalue weighted by atomic mass is 10.1. The molecule has 0 bridgehead atoms. The summed E-state index contributed by atoms with van der Waals surface area (Å²) in [6, 6.07) is 17.4. The fourth-order valence-corrected chi connectivity index (χ4v) is 4.87. The Morgan fingerprint density at radius 3 is 2.29 bits per heavy atom. The van der Waals surface area contributed by atoms with Gasteiger partial charge in [-0.25, -0.2) is 17.5 Å². The Labute approximate surface area is 204 Å². The molecule has 3 aromatic carbocycles. The normalized spacial score (nSPS) is 13.6. The van der Waals surface area contributed by atoms with Crippen LogP contribution in [0.25, 0.3) is 0 Å². The fourth-order valence-electron chi connectivity index (χ4n) is 3.82. The molecular formula is C26H27FN2O5S. The van der Waals surface area contributed by atoms with Crippen LogP contribution in [0.1, 0.15) is 34.3 Å². The number of methoxy groups -OCH3 is 1. The summed E-state index contributed by atoms with van der Waals surface area (Å²) in [5.74, 6) is 0.426. The maximum Gasteiger partial charge on any atom is 0.257 e. The van der Waals surface area contributed by atoms with E-state index in [0.717, 1.165) is 24.0 Å². The average molecular weight is 499 g/mol. The molecule has 0 radical (unpaired) electrons. The van der Waals surface area contributed by atoms with E-state index in [1.807, 2.05) is 0 Å². The summed E-state index contributed by atoms with van der Waals surface area (Å²) < 4.78 is 52.4. The largest absolute Gasteiger partial charge is 0.496 e. The van der Waals surface area contributed by atoms with E-state index in [-0.39, 0.29) is 28.7 Å². The van der Waals surface area contributed by atoms with Crippen molar-refractivity contribution >= 4 is 15.9 Å². The number of hydrogen-bond donors (Lipinski definition) is 1. The van der Waals surface area contributed by atoms with Gasteiger partial charge < -0.3 is 14.4 Å². The second kappa shape index (κ2) is 10.9. The van der Waals surface area contributed by atoms with Crippen LogP contribution < -0.4 is 14.2 Å². The number of likely N-dealkylation sites (tertiary alicyclic amines) is 1. The molecule has 184 valence electrons. The molecule has 9 heteroatoms. The maximum atomic E-state index is 13.0. The lowest BCUT2D eigenvalue weighted by Crippen LogP contribution is -2.29. The topological polar surface area (TPSA) is 84.9 Å². The van der Waals surface area contributed by atoms with Crippen molar-refractivity contribution in [3.05, 3.63) is 89.2 Å². The molecule has 0 aliphatic carbocycles. The number of hydrogen-bond acceptors (Lipinski definition) is 5. The Morgan fingerprint density at radius 1 is 0.971 bits per heavy atom. The van der Waals surface area contributed by atoms with E-state index in [9.17, 15) is 17.6 Å². The van der Waals surface area contributed by atoms with Crippen LogP contribution in [0.15, 0.2) is 71.6 Å². The number of nitrogens with one attached hydrogen (secondary N) is 1. The van der Waals surface area contributed by atoms with Crippen LogP contribution in [0.5, 0.6) is 11.5 Å². The van der Waals surface area contributed by atoms with Gasteiger partial charge in [-0.15, -0.1) is 0 Å². The zero-order valence-electron chi connectivity index (χ0n) is 19.4. The van der Waals surface area contributed by atoms with E-state index in [2.05, 4.69) is 4.72 Å². The van der Waals surface area contributed by atoms with Crippen molar-refractivity contribution in [2.45, 2.75) is 30.9 Å². The summed E-state index contributed by atoms with van der Waals surface area (Å²) in [4.78, 5) is 14.6. The number of sulfonamides is 1. The van der Waals surface area contributed by atoms with Crippen molar-refractivity contribution in [3.8, 4) is 11.5 Å². The molecule has 0 spiro atoms. The number of carbonyl (C=O) groups excluding carboxylic acids is 1. The second-order valence-corrected chi connectivity index (χ2v) is 10.0. The van der Waals surface area contributed by atoms with Gasteiger partial charge in [-0.2, -0.15) is 0 Å². The maximum absolute atomic E-state index is 13.0. The number of rotatable bonds is 9. The lowest BCUT2D eigenvalue weighted by molar-refractivity contribution is 0.0789. The van der Waals surface area contributed by atoms with Crippen LogP contribution in [0, 0.1) is 5.82 Å². The molecule has 0 unspecified atom stereocenters. The fraction of sp³-hybridized carbons (Fsp3) is 0.269. The van der Waals surface area contributed by atoms with Crippen molar-refractivity contribution in [1.82, 2.24) is 9.62 Å². The number of nitrogens with zero attached hydrogens (tertiary/aromatic N) is 1. The van der Waals surface area contributed by atoms with Crippen LogP contribution in [0.4, 0.5) is 4.39 Å². The van der Waals surface area contributed by atoms with Crippen molar-refractivity contribution < 1.29 is 27.1 Å². The Hall–Kier alpha value is -3.43. The standard InChI is InChI=1S/C26H27FN2O5S/c1-33-25-13-12-23(16-24(25)26(30)29-14-2-3-15-29)35(31,32)28-17-19-6-10-22(11-7-19)34-18-20-4-8-21(27)9-5-20/h4-13,16,28H,2-3,14-15,17-18H2,1H3. The van der Waals surface area contributed by atoms with Crippen molar-refractivity contribution in [2.75, 3.05) is 20.2 Å². The summed E-state index contributed by atoms with van der Waals surface area (Å²) >= 11 is 0. The quantitative estimate of drug-likeness (QED) is 0.480. The van der Waals surface area contributed by atoms with E-state index >= 15 is 0 Å². The molecule has 1 fully saturated rings. The number of carbonyl (C=O) groups is 1. The highest BCUT2D eigenvalue weighted by Crippen LogP contribution is 2.25. The zero-order chi connectivity index (χ0) is 24.8. The van der Waals surface area contributed by atoms with Crippen molar-refractivity contribution in [3.63, 3.8) is 0 Å². The number of halogens is 1. The Bertz CT molecular complexity index is 1270. The first kappa shape index (κ1) is 24.7. The van der Waals surface area contributed by atoms with Gasteiger partial charge in [-0.1, -0.05) is 24.3 Å². The molecule has 1 saturated heterocycles. The molecule has 1 aliphatic rings. The minimum atomic E-state index is -3.86. The molecule has 1 aliphatic heterocycles. The molecular weight excluding hydrogens is 471 g/mol. The van der Waals surface area contributed by atoms with Gasteiger partial charge in [-0.3, -0.25) is 4.79 Å². The van der Waals surface area contributed by atoms with E-state index in [1.165, 1.54) is 37.4 Å². The third-order valence-corrected chi connectivity index (χ3v) is 7.21. The zero-order valence-corrected chi connectivity index (χ0v) is 20.2. The third kappa shape index (κ3) is 6.17. The number of ether oxygens (including phenoxy) is 2. The summed E-state index contributed by atoms with van der Waals surface area (Å²) in [6.07, 6.45) is 1.87. The number of amides is 1. The van der Waals surface area contributed by atoms with Gasteiger partial charge in [0.2, 0.25) is 10.0 Å². The van der Waals surface area contributed by atoms with E-state index in [0.29, 0.717) is 31.2 Å². The van der Waals surface area contributed by atoms with Gasteiger partial charge >= 0.3 is 0 Å². The van der Waals surface area contributed by atoms with E-state index in [1.54, 1.807) is 41.3 Å². The van der Waals surface area contributed by atoms with Gasteiger partial charge in [0.25, 0.3) is 5.91 Å². The van der Waals surface area contributed by atoms with Crippen LogP contribution in [-0.2, 0) is 23.2 Å². The summed E-state index contributed by atoms with van der Waals surface area (Å²) in [7, 11) is -2.41. The van der Waals surface area contributed by atoms with Crippen LogP contribution in [-0.4, -0.2) is 39.4 Å². The molecule has 0 aromatic heterocycles. The molecule has 7 nitrogen and oxygen atoms in total. The van der Waals surface area contributed by atoms with Crippen LogP contribution in [0.3, 0.4) is 0 Å². The Morgan fingerprint density at radius 2 is 1.63 bits per heavy atom. The first-order valence-electron chi connectivity index (χ1n) is 11.3. The summed E-state index contributed by atoms with van der Waals surface area (Å²) in [5, 5.41) is 0. The van der Waals surface area contributed by atoms with Crippen molar-refractivity contribution in [1.29, 1.82) is 0 Å². The van der Waals surface area contributed by atoms with Gasteiger partial charge in [0.05, 0.1) is 17.6 Å². The molecule has 1 N–H and O–H groups in total. The van der Waals surface area contributed by atoms with E-state index in [4.69, 9.17) is 9.47 Å². The third-order valence-electron chi connectivity index (χ3n) is 5.81. The van der Waals surface area contributed by atoms with Crippen molar-refractivity contribution in [2.24, 2.45) is 0 Å². The molecule has 1 amide bonds. The van der Waals surface area contributed by atoms with E-state index < -0.39 is 10.0 Å². The first-order valence-corrected chi connectivity index (χ1v) is 12.8. The molecule has 0 saturated carbocycles. The van der Waals surface area contributed by atoms with Gasteiger partial charge in [0, 0.05) is 19.6 Å². The molecule has 4 rings (SSSR count). The average Bonchev–Trinajstić information content (AvgIpc) is 3.42. The number of benzene rings is 3. The molecule has 0 atom stereocenters. The summed E-state index contributed by atoms with van der Waals surface area (Å²) in [6.45, 7) is 1.67. The van der Waals surface area contributed by atoms with Crippen LogP contribution in [0.2, 0.25) is 0 Å². The highest BCUT2D eigenvalue weighted by molar-refractivity contribution is 7.89. The highest BCUT2D eigenvalue weighted by Gasteiger charge is 2.25. The first-order chi connectivity index (χ1) is 16.9. The molecule has 35 heavy (non-hydrogen) atoms. The molecule has 1 heterocycles. The Balaban J connectivity index is 1.39. The monoisotopic (exact) mass is 498 g/mol. The Kier molecular flexibility index (Phi) is 7.67. The van der Waals surface area contributed by atoms with Crippen LogP contribution >= 0.6 is 0 Å². The predicted octanol–water partition coefficient (Wildman–Crippen LogP) is 4.13. The van der Waals surface area contributed by atoms with Gasteiger partial charge in [0.15, 0.2) is 0 Å². The molecule has 3 aromatic rings. The summed E-state index contributed by atoms with van der Waals surface area (Å²) in [5.41, 5.74) is 1.81. The SMILES string of the molecule is COc1ccc(S(=O)(=O)NCc2ccc(OCc3ccc(F)cc3)cc2)cc1C(=O)N1CCCC1.